The molecule has 0 rings (SSSR count). The summed E-state index contributed by atoms with van der Waals surface area (Å²) in [4.78, 5) is 0. The Kier molecular flexibility index (Phi) is 13.2. The van der Waals surface area contributed by atoms with E-state index in [4.69, 9.17) is 0 Å². The molecule has 0 atom stereocenters. The van der Waals surface area contributed by atoms with Crippen molar-refractivity contribution in [1.29, 1.82) is 0 Å². The van der Waals surface area contributed by atoms with Crippen molar-refractivity contribution in [2.75, 3.05) is 27.4 Å². The minimum atomic E-state index is 0. The Morgan fingerprint density at radius 2 is 1.29 bits per heavy atom. The molecule has 0 bridgehead atoms. The van der Waals surface area contributed by atoms with Crippen LogP contribution in [0, 0.1) is 0 Å². The van der Waals surface area contributed by atoms with Gasteiger partial charge in [0.2, 0.25) is 0 Å². The van der Waals surface area contributed by atoms with Crippen LogP contribution < -0.4 is 0 Å². The van der Waals surface area contributed by atoms with Crippen LogP contribution >= 0.6 is 0 Å². The number of ether oxygens (including phenoxy) is 2. The van der Waals surface area contributed by atoms with Gasteiger partial charge in [-0.25, -0.2) is 0 Å². The van der Waals surface area contributed by atoms with E-state index in [0.717, 1.165) is 0 Å². The van der Waals surface area contributed by atoms with E-state index in [1.54, 1.807) is 14.2 Å². The molecule has 0 amide bonds. The molecule has 46 valence electrons. The van der Waals surface area contributed by atoms with Crippen LogP contribution in [-0.2, 0) is 9.47 Å². The summed E-state index contributed by atoms with van der Waals surface area (Å²) in [6, 6.07) is 0. The molecule has 0 aromatic heterocycles. The highest BCUT2D eigenvalue weighted by Crippen LogP contribution is 1.65. The van der Waals surface area contributed by atoms with Gasteiger partial charge in [0.15, 0.2) is 0 Å². The van der Waals surface area contributed by atoms with E-state index in [2.05, 4.69) is 9.47 Å². The molecular weight excluding hydrogens is 99.0 g/mol. The second-order valence-corrected chi connectivity index (χ2v) is 0.986. The van der Waals surface area contributed by atoms with Gasteiger partial charge in [0.1, 0.15) is 0 Å². The van der Waals surface area contributed by atoms with Gasteiger partial charge in [-0.05, 0) is 0 Å². The summed E-state index contributed by atoms with van der Waals surface area (Å²) in [5, 5.41) is 0. The lowest BCUT2D eigenvalue weighted by Gasteiger charge is -1.91. The largest absolute Gasteiger partial charge is 0.382 e. The minimum Gasteiger partial charge on any atom is -0.382 e. The van der Waals surface area contributed by atoms with Crippen molar-refractivity contribution < 1.29 is 14.2 Å². The van der Waals surface area contributed by atoms with E-state index in [-0.39, 0.29) is 4.70 Å². The quantitative estimate of drug-likeness (QED) is 0.490. The van der Waals surface area contributed by atoms with Crippen LogP contribution in [-0.4, -0.2) is 27.4 Å². The fraction of sp³-hybridized carbons (Fsp3) is 1.00. The summed E-state index contributed by atoms with van der Waals surface area (Å²) < 4.78 is 9.31. The number of halogens is 1. The van der Waals surface area contributed by atoms with Gasteiger partial charge < -0.3 is 9.47 Å². The normalized spacial score (nSPS) is 7.71. The fourth-order valence-electron chi connectivity index (χ4n) is 0.167. The van der Waals surface area contributed by atoms with Gasteiger partial charge in [0, 0.05) is 14.2 Å². The van der Waals surface area contributed by atoms with Crippen LogP contribution in [0.1, 0.15) is 0 Å². The first-order valence-corrected chi connectivity index (χ1v) is 1.89. The Labute approximate surface area is 42.8 Å². The molecule has 0 aliphatic rings. The molecular formula is C4H11FO2. The lowest BCUT2D eigenvalue weighted by atomic mass is 10.8. The fourth-order valence-corrected chi connectivity index (χ4v) is 0.167. The Balaban J connectivity index is 0. The summed E-state index contributed by atoms with van der Waals surface area (Å²) in [6.07, 6.45) is 0. The molecule has 0 aromatic rings. The Morgan fingerprint density at radius 3 is 1.43 bits per heavy atom. The van der Waals surface area contributed by atoms with E-state index < -0.39 is 0 Å². The van der Waals surface area contributed by atoms with E-state index >= 15 is 0 Å². The second kappa shape index (κ2) is 9.28. The first kappa shape index (κ1) is 9.97. The zero-order chi connectivity index (χ0) is 4.83. The standard InChI is InChI=1S/C4H10O2.FH/c1-5-3-4-6-2;/h3-4H2,1-2H3;1H. The average Bonchev–Trinajstić information content (AvgIpc) is 1.61. The smallest absolute Gasteiger partial charge is 0.0696 e. The molecule has 0 radical (unpaired) electrons. The molecule has 0 aromatic carbocycles. The number of rotatable bonds is 3. The summed E-state index contributed by atoms with van der Waals surface area (Å²) in [5.41, 5.74) is 0. The SMILES string of the molecule is COCCOC.F. The Hall–Kier alpha value is -0.150. The maximum Gasteiger partial charge on any atom is 0.0696 e. The first-order valence-electron chi connectivity index (χ1n) is 1.89. The van der Waals surface area contributed by atoms with Crippen molar-refractivity contribution in [3.8, 4) is 0 Å². The first-order chi connectivity index (χ1) is 2.91. The van der Waals surface area contributed by atoms with Crippen molar-refractivity contribution in [1.82, 2.24) is 0 Å². The van der Waals surface area contributed by atoms with Crippen LogP contribution in [0.5, 0.6) is 0 Å². The van der Waals surface area contributed by atoms with Crippen molar-refractivity contribution in [2.24, 2.45) is 0 Å². The predicted molar refractivity (Wildman–Crippen MR) is 26.3 cm³/mol. The average molecular weight is 110 g/mol. The number of hydrogen-bond acceptors (Lipinski definition) is 2. The van der Waals surface area contributed by atoms with Crippen molar-refractivity contribution in [3.05, 3.63) is 0 Å². The summed E-state index contributed by atoms with van der Waals surface area (Å²) in [6.45, 7) is 1.38. The van der Waals surface area contributed by atoms with Crippen LogP contribution in [0.4, 0.5) is 4.70 Å². The molecule has 0 aliphatic carbocycles. The Morgan fingerprint density at radius 1 is 1.00 bits per heavy atom. The molecule has 3 heteroatoms. The van der Waals surface area contributed by atoms with Crippen molar-refractivity contribution in [3.63, 3.8) is 0 Å². The molecule has 0 fully saturated rings. The molecule has 0 saturated carbocycles. The molecule has 2 nitrogen and oxygen atoms in total. The van der Waals surface area contributed by atoms with Gasteiger partial charge in [-0.15, -0.1) is 0 Å². The minimum absolute atomic E-state index is 0. The van der Waals surface area contributed by atoms with Gasteiger partial charge >= 0.3 is 0 Å². The Bertz CT molecular complexity index is 21.7. The summed E-state index contributed by atoms with van der Waals surface area (Å²) >= 11 is 0. The van der Waals surface area contributed by atoms with Gasteiger partial charge in [-0.1, -0.05) is 0 Å². The molecule has 7 heavy (non-hydrogen) atoms. The third kappa shape index (κ3) is 10.7. The third-order valence-electron chi connectivity index (χ3n) is 0.492. The van der Waals surface area contributed by atoms with Crippen molar-refractivity contribution >= 4 is 0 Å². The highest BCUT2D eigenvalue weighted by atomic mass is 19.0. The number of hydrogen-bond donors (Lipinski definition) is 0. The topological polar surface area (TPSA) is 18.5 Å². The number of methoxy groups -OCH3 is 2. The lowest BCUT2D eigenvalue weighted by molar-refractivity contribution is 0.103. The van der Waals surface area contributed by atoms with Gasteiger partial charge in [-0.2, -0.15) is 0 Å². The van der Waals surface area contributed by atoms with E-state index in [0.29, 0.717) is 13.2 Å². The molecule has 0 saturated heterocycles. The molecule has 0 N–H and O–H groups in total. The molecule has 0 aliphatic heterocycles. The highest BCUT2D eigenvalue weighted by Gasteiger charge is 1.73. The van der Waals surface area contributed by atoms with Gasteiger partial charge in [-0.3, -0.25) is 4.70 Å². The molecule has 0 unspecified atom stereocenters. The van der Waals surface area contributed by atoms with Crippen LogP contribution in [0.25, 0.3) is 0 Å². The van der Waals surface area contributed by atoms with Gasteiger partial charge in [0.25, 0.3) is 0 Å². The van der Waals surface area contributed by atoms with Gasteiger partial charge in [0.05, 0.1) is 13.2 Å². The third-order valence-corrected chi connectivity index (χ3v) is 0.492. The maximum absolute atomic E-state index is 4.66. The second-order valence-electron chi connectivity index (χ2n) is 0.986. The molecule has 0 heterocycles. The zero-order valence-electron chi connectivity index (χ0n) is 4.64. The maximum atomic E-state index is 4.66. The zero-order valence-corrected chi connectivity index (χ0v) is 4.64. The van der Waals surface area contributed by atoms with Crippen LogP contribution in [0.15, 0.2) is 0 Å². The predicted octanol–water partition coefficient (Wildman–Crippen LogP) is 0.432. The van der Waals surface area contributed by atoms with E-state index in [9.17, 15) is 0 Å². The monoisotopic (exact) mass is 110 g/mol. The summed E-state index contributed by atoms with van der Waals surface area (Å²) in [5.74, 6) is 0. The van der Waals surface area contributed by atoms with E-state index in [1.807, 2.05) is 0 Å². The summed E-state index contributed by atoms with van der Waals surface area (Å²) in [7, 11) is 3.30. The van der Waals surface area contributed by atoms with Crippen LogP contribution in [0.2, 0.25) is 0 Å². The van der Waals surface area contributed by atoms with E-state index in [1.165, 1.54) is 0 Å². The van der Waals surface area contributed by atoms with Crippen molar-refractivity contribution in [2.45, 2.75) is 0 Å². The lowest BCUT2D eigenvalue weighted by Crippen LogP contribution is -1.96. The van der Waals surface area contributed by atoms with Crippen LogP contribution in [0.3, 0.4) is 0 Å². The highest BCUT2D eigenvalue weighted by molar-refractivity contribution is 4.17. The molecule has 0 spiro atoms.